The molecule has 1 aliphatic heterocycles. The SMILES string of the molecule is CCCCc1ccc2[nH]c(C)c(C[NH+]3CC[NH+](CC)CC3)c(=O)c2c1. The van der Waals surface area contributed by atoms with Crippen LogP contribution < -0.4 is 15.2 Å². The Balaban J connectivity index is 1.86. The van der Waals surface area contributed by atoms with Crippen molar-refractivity contribution >= 4 is 10.9 Å². The van der Waals surface area contributed by atoms with E-state index in [-0.39, 0.29) is 5.43 Å². The third-order valence-corrected chi connectivity index (χ3v) is 5.79. The molecule has 2 aromatic rings. The van der Waals surface area contributed by atoms with Crippen molar-refractivity contribution < 1.29 is 9.80 Å². The second kappa shape index (κ2) is 8.15. The topological polar surface area (TPSA) is 41.7 Å². The minimum absolute atomic E-state index is 0.238. The summed E-state index contributed by atoms with van der Waals surface area (Å²) >= 11 is 0. The largest absolute Gasteiger partial charge is 0.358 e. The van der Waals surface area contributed by atoms with Crippen molar-refractivity contribution in [2.75, 3.05) is 32.7 Å². The third-order valence-electron chi connectivity index (χ3n) is 5.79. The van der Waals surface area contributed by atoms with E-state index in [1.807, 2.05) is 6.92 Å². The van der Waals surface area contributed by atoms with Crippen molar-refractivity contribution in [2.24, 2.45) is 0 Å². The Kier molecular flexibility index (Phi) is 5.92. The first kappa shape index (κ1) is 18.2. The summed E-state index contributed by atoms with van der Waals surface area (Å²) in [6.45, 7) is 13.3. The van der Waals surface area contributed by atoms with Gasteiger partial charge in [0.25, 0.3) is 0 Å². The molecule has 1 aliphatic rings. The standard InChI is InChI=1S/C21H31N3O/c1-4-6-7-17-8-9-20-18(14-17)21(25)19(16(3)22-20)15-24-12-10-23(5-2)11-13-24/h8-9,14H,4-7,10-13,15H2,1-3H3,(H,22,25)/p+2. The van der Waals surface area contributed by atoms with E-state index in [1.54, 1.807) is 9.80 Å². The first-order valence-corrected chi connectivity index (χ1v) is 9.93. The van der Waals surface area contributed by atoms with Crippen molar-refractivity contribution in [3.8, 4) is 0 Å². The maximum Gasteiger partial charge on any atom is 0.198 e. The number of likely N-dealkylation sites (N-methyl/N-ethyl adjacent to an activating group) is 1. The molecule has 1 aromatic heterocycles. The number of pyridine rings is 1. The number of benzene rings is 1. The summed E-state index contributed by atoms with van der Waals surface area (Å²) in [6.07, 6.45) is 3.42. The minimum atomic E-state index is 0.238. The zero-order chi connectivity index (χ0) is 17.8. The molecule has 25 heavy (non-hydrogen) atoms. The van der Waals surface area contributed by atoms with E-state index >= 15 is 0 Å². The number of piperazine rings is 1. The first-order valence-electron chi connectivity index (χ1n) is 9.93. The Labute approximate surface area is 150 Å². The van der Waals surface area contributed by atoms with Crippen LogP contribution in [-0.4, -0.2) is 37.7 Å². The highest BCUT2D eigenvalue weighted by molar-refractivity contribution is 5.80. The van der Waals surface area contributed by atoms with Crippen LogP contribution in [0, 0.1) is 6.92 Å². The molecule has 2 heterocycles. The van der Waals surface area contributed by atoms with Gasteiger partial charge in [0.05, 0.1) is 12.1 Å². The Morgan fingerprint density at radius 1 is 1.08 bits per heavy atom. The van der Waals surface area contributed by atoms with Gasteiger partial charge in [-0.2, -0.15) is 0 Å². The molecule has 0 spiro atoms. The van der Waals surface area contributed by atoms with E-state index in [1.165, 1.54) is 38.0 Å². The van der Waals surface area contributed by atoms with E-state index in [9.17, 15) is 4.79 Å². The number of fused-ring (bicyclic) bond motifs is 1. The van der Waals surface area contributed by atoms with Crippen molar-refractivity contribution in [3.05, 3.63) is 45.2 Å². The second-order valence-corrected chi connectivity index (χ2v) is 7.57. The quantitative estimate of drug-likeness (QED) is 0.702. The molecule has 0 saturated carbocycles. The van der Waals surface area contributed by atoms with Crippen LogP contribution in [0.2, 0.25) is 0 Å². The number of hydrogen-bond donors (Lipinski definition) is 3. The fourth-order valence-corrected chi connectivity index (χ4v) is 3.99. The molecule has 1 saturated heterocycles. The first-order chi connectivity index (χ1) is 12.1. The molecule has 1 fully saturated rings. The van der Waals surface area contributed by atoms with Crippen LogP contribution >= 0.6 is 0 Å². The number of H-pyrrole nitrogens is 1. The van der Waals surface area contributed by atoms with Gasteiger partial charge in [-0.1, -0.05) is 19.4 Å². The highest BCUT2D eigenvalue weighted by atomic mass is 16.1. The van der Waals surface area contributed by atoms with E-state index in [2.05, 4.69) is 37.0 Å². The van der Waals surface area contributed by atoms with Crippen LogP contribution in [0.1, 0.15) is 43.5 Å². The van der Waals surface area contributed by atoms with Crippen molar-refractivity contribution in [2.45, 2.75) is 46.6 Å². The van der Waals surface area contributed by atoms with E-state index in [4.69, 9.17) is 0 Å². The highest BCUT2D eigenvalue weighted by Gasteiger charge is 2.23. The molecular weight excluding hydrogens is 310 g/mol. The van der Waals surface area contributed by atoms with Crippen LogP contribution in [0.4, 0.5) is 0 Å². The fraction of sp³-hybridized carbons (Fsp3) is 0.571. The molecular formula is C21H33N3O+2. The van der Waals surface area contributed by atoms with Crippen LogP contribution in [0.3, 0.4) is 0 Å². The molecule has 0 radical (unpaired) electrons. The lowest BCUT2D eigenvalue weighted by atomic mass is 10.0. The summed E-state index contributed by atoms with van der Waals surface area (Å²) in [4.78, 5) is 19.8. The number of quaternary nitrogens is 2. The smallest absolute Gasteiger partial charge is 0.198 e. The van der Waals surface area contributed by atoms with Crippen LogP contribution in [0.5, 0.6) is 0 Å². The van der Waals surface area contributed by atoms with Gasteiger partial charge in [0.2, 0.25) is 0 Å². The van der Waals surface area contributed by atoms with Gasteiger partial charge in [0.1, 0.15) is 32.7 Å². The van der Waals surface area contributed by atoms with Gasteiger partial charge < -0.3 is 14.8 Å². The maximum atomic E-state index is 13.1. The summed E-state index contributed by atoms with van der Waals surface area (Å²) in [5, 5.41) is 0.867. The Hall–Kier alpha value is -1.65. The number of aryl methyl sites for hydroxylation is 2. The summed E-state index contributed by atoms with van der Waals surface area (Å²) in [6, 6.07) is 6.35. The molecule has 0 amide bonds. The molecule has 3 N–H and O–H groups in total. The van der Waals surface area contributed by atoms with Crippen molar-refractivity contribution in [1.29, 1.82) is 0 Å². The number of rotatable bonds is 6. The summed E-state index contributed by atoms with van der Waals surface area (Å²) < 4.78 is 0. The van der Waals surface area contributed by atoms with E-state index in [0.29, 0.717) is 0 Å². The Bertz CT molecular complexity index is 773. The van der Waals surface area contributed by atoms with Crippen LogP contribution in [0.15, 0.2) is 23.0 Å². The number of hydrogen-bond acceptors (Lipinski definition) is 1. The highest BCUT2D eigenvalue weighted by Crippen LogP contribution is 2.15. The fourth-order valence-electron chi connectivity index (χ4n) is 3.99. The minimum Gasteiger partial charge on any atom is -0.358 e. The van der Waals surface area contributed by atoms with Gasteiger partial charge in [0, 0.05) is 16.6 Å². The summed E-state index contributed by atoms with van der Waals surface area (Å²) in [5.74, 6) is 0. The lowest BCUT2D eigenvalue weighted by Crippen LogP contribution is -3.27. The summed E-state index contributed by atoms with van der Waals surface area (Å²) in [7, 11) is 0. The molecule has 0 bridgehead atoms. The second-order valence-electron chi connectivity index (χ2n) is 7.57. The average molecular weight is 344 g/mol. The number of nitrogens with one attached hydrogen (secondary N) is 3. The number of unbranched alkanes of at least 4 members (excludes halogenated alkanes) is 1. The molecule has 0 atom stereocenters. The normalized spacial score (nSPS) is 20.9. The van der Waals surface area contributed by atoms with E-state index < -0.39 is 0 Å². The zero-order valence-corrected chi connectivity index (χ0v) is 16.0. The number of aromatic nitrogens is 1. The predicted octanol–water partition coefficient (Wildman–Crippen LogP) is 0.482. The lowest BCUT2D eigenvalue weighted by molar-refractivity contribution is -1.02. The molecule has 0 aliphatic carbocycles. The molecule has 1 aromatic carbocycles. The van der Waals surface area contributed by atoms with Crippen molar-refractivity contribution in [1.82, 2.24) is 4.98 Å². The van der Waals surface area contributed by atoms with Gasteiger partial charge in [-0.05, 0) is 44.4 Å². The van der Waals surface area contributed by atoms with Gasteiger partial charge in [-0.25, -0.2) is 0 Å². The molecule has 136 valence electrons. The maximum absolute atomic E-state index is 13.1. The van der Waals surface area contributed by atoms with Gasteiger partial charge in [-0.3, -0.25) is 4.79 Å². The average Bonchev–Trinajstić information content (AvgIpc) is 2.64. The third kappa shape index (κ3) is 4.13. The van der Waals surface area contributed by atoms with Crippen molar-refractivity contribution in [3.63, 3.8) is 0 Å². The van der Waals surface area contributed by atoms with Gasteiger partial charge in [0.15, 0.2) is 5.43 Å². The van der Waals surface area contributed by atoms with Crippen LogP contribution in [0.25, 0.3) is 10.9 Å². The monoisotopic (exact) mass is 343 g/mol. The Morgan fingerprint density at radius 3 is 2.48 bits per heavy atom. The molecule has 3 rings (SSSR count). The number of aromatic amines is 1. The molecule has 4 heteroatoms. The molecule has 4 nitrogen and oxygen atoms in total. The lowest BCUT2D eigenvalue weighted by Gasteiger charge is -2.29. The Morgan fingerprint density at radius 2 is 1.80 bits per heavy atom. The van der Waals surface area contributed by atoms with Crippen LogP contribution in [-0.2, 0) is 13.0 Å². The molecule has 0 unspecified atom stereocenters. The zero-order valence-electron chi connectivity index (χ0n) is 16.0. The van der Waals surface area contributed by atoms with E-state index in [0.717, 1.165) is 48.2 Å². The van der Waals surface area contributed by atoms with Gasteiger partial charge >= 0.3 is 0 Å². The summed E-state index contributed by atoms with van der Waals surface area (Å²) in [5.41, 5.74) is 4.51. The predicted molar refractivity (Wildman–Crippen MR) is 104 cm³/mol. The van der Waals surface area contributed by atoms with Gasteiger partial charge in [-0.15, -0.1) is 0 Å².